The van der Waals surface area contributed by atoms with Gasteiger partial charge in [0.15, 0.2) is 0 Å². The zero-order valence-electron chi connectivity index (χ0n) is 14.7. The largest absolute Gasteiger partial charge is 0.465 e. The van der Waals surface area contributed by atoms with Gasteiger partial charge in [-0.05, 0) is 37.8 Å². The molecule has 2 N–H and O–H groups in total. The molecule has 1 aromatic carbocycles. The van der Waals surface area contributed by atoms with Gasteiger partial charge in [0.05, 0.1) is 0 Å². The summed E-state index contributed by atoms with van der Waals surface area (Å²) in [5, 5.41) is 11.7. The molecule has 1 aromatic rings. The number of carbonyl (C=O) groups excluding carboxylic acids is 2. The number of carbonyl (C=O) groups is 3. The van der Waals surface area contributed by atoms with E-state index in [0.29, 0.717) is 38.8 Å². The van der Waals surface area contributed by atoms with Gasteiger partial charge in [0.25, 0.3) is 0 Å². The minimum Gasteiger partial charge on any atom is -0.465 e. The van der Waals surface area contributed by atoms with E-state index in [2.05, 4.69) is 5.32 Å². The molecular formula is C18H21F2N3O4. The summed E-state index contributed by atoms with van der Waals surface area (Å²) in [7, 11) is 0. The fourth-order valence-corrected chi connectivity index (χ4v) is 3.74. The molecule has 1 unspecified atom stereocenters. The minimum atomic E-state index is -1.15. The summed E-state index contributed by atoms with van der Waals surface area (Å²) in [6.45, 7) is 0.332. The van der Waals surface area contributed by atoms with Gasteiger partial charge in [-0.2, -0.15) is 0 Å². The number of hydrogen-bond donors (Lipinski definition) is 2. The molecule has 2 saturated heterocycles. The predicted molar refractivity (Wildman–Crippen MR) is 90.7 cm³/mol. The van der Waals surface area contributed by atoms with Crippen molar-refractivity contribution >= 4 is 17.9 Å². The lowest BCUT2D eigenvalue weighted by Crippen LogP contribution is -2.52. The lowest BCUT2D eigenvalue weighted by molar-refractivity contribution is -0.141. The van der Waals surface area contributed by atoms with Crippen molar-refractivity contribution in [3.63, 3.8) is 0 Å². The molecule has 3 amide bonds. The van der Waals surface area contributed by atoms with Crippen LogP contribution in [0.5, 0.6) is 0 Å². The summed E-state index contributed by atoms with van der Waals surface area (Å²) in [5.74, 6) is -2.39. The number of halogens is 2. The molecule has 27 heavy (non-hydrogen) atoms. The van der Waals surface area contributed by atoms with Gasteiger partial charge in [-0.25, -0.2) is 13.6 Å². The van der Waals surface area contributed by atoms with Crippen molar-refractivity contribution in [2.75, 3.05) is 13.1 Å². The molecular weight excluding hydrogens is 360 g/mol. The van der Waals surface area contributed by atoms with E-state index in [0.717, 1.165) is 17.0 Å². The van der Waals surface area contributed by atoms with Gasteiger partial charge in [-0.3, -0.25) is 14.5 Å². The van der Waals surface area contributed by atoms with E-state index in [4.69, 9.17) is 0 Å². The van der Waals surface area contributed by atoms with Crippen LogP contribution in [0.25, 0.3) is 0 Å². The van der Waals surface area contributed by atoms with Gasteiger partial charge in [-0.1, -0.05) is 6.07 Å². The molecule has 9 heteroatoms. The summed E-state index contributed by atoms with van der Waals surface area (Å²) >= 11 is 0. The normalized spacial score (nSPS) is 22.1. The Morgan fingerprint density at radius 2 is 1.63 bits per heavy atom. The second-order valence-electron chi connectivity index (χ2n) is 6.74. The third-order valence-corrected chi connectivity index (χ3v) is 5.12. The average molecular weight is 381 g/mol. The van der Waals surface area contributed by atoms with Crippen molar-refractivity contribution in [1.82, 2.24) is 15.1 Å². The van der Waals surface area contributed by atoms with E-state index >= 15 is 0 Å². The number of nitrogens with one attached hydrogen (secondary N) is 1. The molecule has 2 heterocycles. The first-order valence-corrected chi connectivity index (χ1v) is 8.90. The summed E-state index contributed by atoms with van der Waals surface area (Å²) < 4.78 is 27.4. The van der Waals surface area contributed by atoms with Gasteiger partial charge in [-0.15, -0.1) is 0 Å². The zero-order valence-corrected chi connectivity index (χ0v) is 14.7. The van der Waals surface area contributed by atoms with E-state index < -0.39 is 35.7 Å². The average Bonchev–Trinajstić information content (AvgIpc) is 3.30. The van der Waals surface area contributed by atoms with E-state index in [9.17, 15) is 28.3 Å². The van der Waals surface area contributed by atoms with Gasteiger partial charge in [0, 0.05) is 25.2 Å². The van der Waals surface area contributed by atoms with Gasteiger partial charge < -0.3 is 15.3 Å². The SMILES string of the molecule is O=C(NCc1c(F)cccc1F)[C@@H]1CCCN1C(=O)C1CCCN1C(=O)O. The number of likely N-dealkylation sites (tertiary alicyclic amines) is 2. The van der Waals surface area contributed by atoms with Crippen LogP contribution in [0, 0.1) is 11.6 Å². The standard InChI is InChI=1S/C18H21F2N3O4/c19-12-4-1-5-13(20)11(12)10-21-16(24)14-6-2-8-22(14)17(25)15-7-3-9-23(15)18(26)27/h1,4-5,14-15H,2-3,6-10H2,(H,21,24)(H,26,27)/t14-,15?/m0/s1. The highest BCUT2D eigenvalue weighted by Gasteiger charge is 2.42. The van der Waals surface area contributed by atoms with Crippen LogP contribution < -0.4 is 5.32 Å². The molecule has 0 radical (unpaired) electrons. The maximum Gasteiger partial charge on any atom is 0.407 e. The zero-order chi connectivity index (χ0) is 19.6. The molecule has 2 atom stereocenters. The first kappa shape index (κ1) is 19.1. The summed E-state index contributed by atoms with van der Waals surface area (Å²) in [5.41, 5.74) is -0.241. The maximum absolute atomic E-state index is 13.7. The van der Waals surface area contributed by atoms with E-state index in [1.807, 2.05) is 0 Å². The molecule has 146 valence electrons. The Balaban J connectivity index is 1.66. The number of carboxylic acid groups (broad SMARTS) is 1. The number of benzene rings is 1. The first-order chi connectivity index (χ1) is 12.9. The van der Waals surface area contributed by atoms with Crippen LogP contribution >= 0.6 is 0 Å². The Kier molecular flexibility index (Phi) is 5.57. The first-order valence-electron chi connectivity index (χ1n) is 8.90. The molecule has 3 rings (SSSR count). The quantitative estimate of drug-likeness (QED) is 0.831. The Bertz CT molecular complexity index is 738. The molecule has 0 aliphatic carbocycles. The van der Waals surface area contributed by atoms with Gasteiger partial charge >= 0.3 is 6.09 Å². The molecule has 0 saturated carbocycles. The van der Waals surface area contributed by atoms with Crippen LogP contribution in [0.2, 0.25) is 0 Å². The van der Waals surface area contributed by atoms with Crippen molar-refractivity contribution < 1.29 is 28.3 Å². The number of nitrogens with zero attached hydrogens (tertiary/aromatic N) is 2. The number of amides is 3. The van der Waals surface area contributed by atoms with Crippen LogP contribution in [0.4, 0.5) is 13.6 Å². The highest BCUT2D eigenvalue weighted by atomic mass is 19.1. The molecule has 7 nitrogen and oxygen atoms in total. The lowest BCUT2D eigenvalue weighted by Gasteiger charge is -2.29. The van der Waals surface area contributed by atoms with Crippen molar-refractivity contribution in [3.8, 4) is 0 Å². The predicted octanol–water partition coefficient (Wildman–Crippen LogP) is 1.71. The molecule has 2 aliphatic rings. The van der Waals surface area contributed by atoms with E-state index in [1.54, 1.807) is 0 Å². The lowest BCUT2D eigenvalue weighted by atomic mass is 10.1. The number of hydrogen-bond acceptors (Lipinski definition) is 3. The second kappa shape index (κ2) is 7.89. The molecule has 2 aliphatic heterocycles. The Labute approximate surface area is 154 Å². The van der Waals surface area contributed by atoms with Crippen molar-refractivity contribution in [2.24, 2.45) is 0 Å². The van der Waals surface area contributed by atoms with E-state index in [-0.39, 0.29) is 18.0 Å². The third-order valence-electron chi connectivity index (χ3n) is 5.12. The second-order valence-corrected chi connectivity index (χ2v) is 6.74. The summed E-state index contributed by atoms with van der Waals surface area (Å²) in [6, 6.07) is 1.92. The molecule has 0 spiro atoms. The van der Waals surface area contributed by atoms with Crippen LogP contribution in [-0.2, 0) is 16.1 Å². The van der Waals surface area contributed by atoms with Gasteiger partial charge in [0.2, 0.25) is 11.8 Å². The third kappa shape index (κ3) is 3.86. The van der Waals surface area contributed by atoms with Crippen LogP contribution in [-0.4, -0.2) is 58.0 Å². The summed E-state index contributed by atoms with van der Waals surface area (Å²) in [6.07, 6.45) is 0.909. The van der Waals surface area contributed by atoms with Crippen molar-refractivity contribution in [2.45, 2.75) is 44.3 Å². The van der Waals surface area contributed by atoms with E-state index in [1.165, 1.54) is 11.0 Å². The Hall–Kier alpha value is -2.71. The topological polar surface area (TPSA) is 90.0 Å². The van der Waals surface area contributed by atoms with Crippen molar-refractivity contribution in [1.29, 1.82) is 0 Å². The fraction of sp³-hybridized carbons (Fsp3) is 0.500. The highest BCUT2D eigenvalue weighted by molar-refractivity contribution is 5.92. The van der Waals surface area contributed by atoms with Gasteiger partial charge in [0.1, 0.15) is 23.7 Å². The summed E-state index contributed by atoms with van der Waals surface area (Å²) in [4.78, 5) is 39.1. The Morgan fingerprint density at radius 3 is 2.26 bits per heavy atom. The van der Waals surface area contributed by atoms with Crippen LogP contribution in [0.15, 0.2) is 18.2 Å². The minimum absolute atomic E-state index is 0.241. The monoisotopic (exact) mass is 381 g/mol. The smallest absolute Gasteiger partial charge is 0.407 e. The Morgan fingerprint density at radius 1 is 1.04 bits per heavy atom. The molecule has 0 bridgehead atoms. The maximum atomic E-state index is 13.7. The number of rotatable bonds is 4. The van der Waals surface area contributed by atoms with Crippen LogP contribution in [0.3, 0.4) is 0 Å². The fourth-order valence-electron chi connectivity index (χ4n) is 3.74. The molecule has 2 fully saturated rings. The van der Waals surface area contributed by atoms with Crippen LogP contribution in [0.1, 0.15) is 31.2 Å². The van der Waals surface area contributed by atoms with Crippen molar-refractivity contribution in [3.05, 3.63) is 35.4 Å². The molecule has 0 aromatic heterocycles. The highest BCUT2D eigenvalue weighted by Crippen LogP contribution is 2.25.